The molecule has 0 spiro atoms. The summed E-state index contributed by atoms with van der Waals surface area (Å²) in [7, 11) is 0. The first-order valence-corrected chi connectivity index (χ1v) is 7.73. The molecule has 2 aromatic carbocycles. The first-order valence-electron chi connectivity index (χ1n) is 7.73. The first kappa shape index (κ1) is 13.8. The highest BCUT2D eigenvalue weighted by Gasteiger charge is 2.30. The third-order valence-electron chi connectivity index (χ3n) is 4.41. The van der Waals surface area contributed by atoms with E-state index in [0.29, 0.717) is 6.42 Å². The Kier molecular flexibility index (Phi) is 3.23. The molecule has 0 aliphatic carbocycles. The highest BCUT2D eigenvalue weighted by molar-refractivity contribution is 6.07. The Morgan fingerprint density at radius 2 is 1.78 bits per heavy atom. The van der Waals surface area contributed by atoms with Gasteiger partial charge in [0, 0.05) is 23.0 Å². The van der Waals surface area contributed by atoms with Crippen molar-refractivity contribution in [1.29, 1.82) is 0 Å². The van der Waals surface area contributed by atoms with Crippen molar-refractivity contribution in [2.24, 2.45) is 5.10 Å². The molecule has 0 saturated heterocycles. The van der Waals surface area contributed by atoms with Gasteiger partial charge >= 0.3 is 0 Å². The third-order valence-corrected chi connectivity index (χ3v) is 4.41. The Morgan fingerprint density at radius 3 is 2.61 bits per heavy atom. The summed E-state index contributed by atoms with van der Waals surface area (Å²) in [5.41, 5.74) is 7.84. The molecule has 0 radical (unpaired) electrons. The van der Waals surface area contributed by atoms with Gasteiger partial charge in [-0.3, -0.25) is 4.79 Å². The average molecular weight is 303 g/mol. The van der Waals surface area contributed by atoms with E-state index in [2.05, 4.69) is 21.6 Å². The molecule has 1 aliphatic rings. The molecule has 2 N–H and O–H groups in total. The molecule has 1 atom stereocenters. The van der Waals surface area contributed by atoms with Crippen LogP contribution in [-0.2, 0) is 4.79 Å². The van der Waals surface area contributed by atoms with Crippen molar-refractivity contribution >= 4 is 22.5 Å². The molecule has 1 unspecified atom stereocenters. The molecule has 4 nitrogen and oxygen atoms in total. The lowest BCUT2D eigenvalue weighted by molar-refractivity contribution is -0.122. The van der Waals surface area contributed by atoms with Gasteiger partial charge in [0.25, 0.3) is 0 Å². The molecule has 2 heterocycles. The highest BCUT2D eigenvalue weighted by Crippen LogP contribution is 2.33. The predicted octanol–water partition coefficient (Wildman–Crippen LogP) is 3.48. The van der Waals surface area contributed by atoms with Crippen LogP contribution in [0.5, 0.6) is 0 Å². The van der Waals surface area contributed by atoms with E-state index < -0.39 is 0 Å². The average Bonchev–Trinajstić information content (AvgIpc) is 2.92. The van der Waals surface area contributed by atoms with Crippen LogP contribution in [0.2, 0.25) is 0 Å². The summed E-state index contributed by atoms with van der Waals surface area (Å²) >= 11 is 0. The maximum absolute atomic E-state index is 12.4. The second-order valence-corrected chi connectivity index (χ2v) is 5.87. The minimum absolute atomic E-state index is 0.0439. The number of benzene rings is 2. The van der Waals surface area contributed by atoms with Gasteiger partial charge in [-0.2, -0.15) is 5.10 Å². The van der Waals surface area contributed by atoms with E-state index in [1.165, 1.54) is 0 Å². The van der Waals surface area contributed by atoms with Crippen LogP contribution in [0, 0.1) is 6.92 Å². The van der Waals surface area contributed by atoms with Crippen molar-refractivity contribution in [3.8, 4) is 0 Å². The van der Waals surface area contributed by atoms with Gasteiger partial charge in [0.1, 0.15) is 0 Å². The molecule has 3 aromatic rings. The van der Waals surface area contributed by atoms with Crippen molar-refractivity contribution in [2.75, 3.05) is 0 Å². The second-order valence-electron chi connectivity index (χ2n) is 5.87. The molecule has 1 aromatic heterocycles. The maximum Gasteiger partial charge on any atom is 0.248 e. The number of hydrogen-bond acceptors (Lipinski definition) is 2. The number of para-hydroxylation sites is 1. The number of aryl methyl sites for hydroxylation is 1. The number of fused-ring (bicyclic) bond motifs is 1. The van der Waals surface area contributed by atoms with Gasteiger partial charge in [-0.1, -0.05) is 48.5 Å². The van der Waals surface area contributed by atoms with Crippen LogP contribution in [0.3, 0.4) is 0 Å². The molecule has 4 heteroatoms. The molecule has 23 heavy (non-hydrogen) atoms. The van der Waals surface area contributed by atoms with Crippen molar-refractivity contribution in [3.05, 3.63) is 71.4 Å². The normalized spacial score (nSPS) is 17.9. The molecule has 0 saturated carbocycles. The van der Waals surface area contributed by atoms with Crippen LogP contribution < -0.4 is 5.43 Å². The third kappa shape index (κ3) is 2.32. The fourth-order valence-corrected chi connectivity index (χ4v) is 3.33. The Labute approximate surface area is 134 Å². The Balaban J connectivity index is 1.78. The van der Waals surface area contributed by atoms with E-state index in [9.17, 15) is 4.79 Å². The van der Waals surface area contributed by atoms with Crippen molar-refractivity contribution in [1.82, 2.24) is 10.4 Å². The van der Waals surface area contributed by atoms with E-state index in [1.54, 1.807) is 0 Å². The Morgan fingerprint density at radius 1 is 1.04 bits per heavy atom. The lowest BCUT2D eigenvalue weighted by Crippen LogP contribution is -2.33. The van der Waals surface area contributed by atoms with Crippen LogP contribution in [0.15, 0.2) is 59.7 Å². The first-order chi connectivity index (χ1) is 11.2. The fourth-order valence-electron chi connectivity index (χ4n) is 3.33. The van der Waals surface area contributed by atoms with Crippen molar-refractivity contribution < 1.29 is 4.79 Å². The second kappa shape index (κ2) is 5.39. The van der Waals surface area contributed by atoms with Gasteiger partial charge in [0.05, 0.1) is 11.6 Å². The Bertz CT molecular complexity index is 909. The van der Waals surface area contributed by atoms with E-state index in [-0.39, 0.29) is 11.8 Å². The quantitative estimate of drug-likeness (QED) is 0.748. The zero-order chi connectivity index (χ0) is 15.8. The molecule has 4 rings (SSSR count). The number of nitrogens with one attached hydrogen (secondary N) is 2. The number of nitrogens with zero attached hydrogens (tertiary/aromatic N) is 1. The summed E-state index contributed by atoms with van der Waals surface area (Å²) in [6.45, 7) is 2.02. The molecule has 0 bridgehead atoms. The van der Waals surface area contributed by atoms with Gasteiger partial charge in [-0.25, -0.2) is 5.43 Å². The summed E-state index contributed by atoms with van der Waals surface area (Å²) in [5.74, 6) is -0.267. The van der Waals surface area contributed by atoms with E-state index in [1.807, 2.05) is 55.5 Å². The lowest BCUT2D eigenvalue weighted by atomic mass is 9.88. The molecular weight excluding hydrogens is 286 g/mol. The largest absolute Gasteiger partial charge is 0.358 e. The number of carbonyl (C=O) groups is 1. The summed E-state index contributed by atoms with van der Waals surface area (Å²) in [6.07, 6.45) is 0.610. The zero-order valence-corrected chi connectivity index (χ0v) is 12.8. The molecule has 0 fully saturated rings. The number of amides is 1. The van der Waals surface area contributed by atoms with Crippen LogP contribution in [0.4, 0.5) is 0 Å². The monoisotopic (exact) mass is 303 g/mol. The van der Waals surface area contributed by atoms with Gasteiger partial charge in [-0.15, -0.1) is 0 Å². The van der Waals surface area contributed by atoms with Gasteiger partial charge in [0.2, 0.25) is 5.91 Å². The standard InChI is InChI=1S/C19H17N3O/c1-12-18(14-9-5-6-10-16(14)20-12)15-11-17(21-22-19(15)23)13-7-3-2-4-8-13/h2-10,15,20H,11H2,1H3,(H,22,23). The lowest BCUT2D eigenvalue weighted by Gasteiger charge is -2.22. The minimum Gasteiger partial charge on any atom is -0.358 e. The van der Waals surface area contributed by atoms with E-state index >= 15 is 0 Å². The zero-order valence-electron chi connectivity index (χ0n) is 12.8. The number of aromatic nitrogens is 1. The predicted molar refractivity (Wildman–Crippen MR) is 91.5 cm³/mol. The van der Waals surface area contributed by atoms with Gasteiger partial charge in [0.15, 0.2) is 0 Å². The molecule has 1 aliphatic heterocycles. The molecule has 114 valence electrons. The number of H-pyrrole nitrogens is 1. The van der Waals surface area contributed by atoms with Gasteiger partial charge < -0.3 is 4.98 Å². The van der Waals surface area contributed by atoms with Crippen LogP contribution >= 0.6 is 0 Å². The number of carbonyl (C=O) groups excluding carboxylic acids is 1. The van der Waals surface area contributed by atoms with Crippen LogP contribution in [0.25, 0.3) is 10.9 Å². The van der Waals surface area contributed by atoms with E-state index in [4.69, 9.17) is 0 Å². The molecule has 1 amide bonds. The topological polar surface area (TPSA) is 57.2 Å². The number of aromatic amines is 1. The maximum atomic E-state index is 12.4. The van der Waals surface area contributed by atoms with Gasteiger partial charge in [-0.05, 0) is 24.1 Å². The smallest absolute Gasteiger partial charge is 0.248 e. The number of hydrogen-bond donors (Lipinski definition) is 2. The van der Waals surface area contributed by atoms with Crippen molar-refractivity contribution in [2.45, 2.75) is 19.3 Å². The summed E-state index contributed by atoms with van der Waals surface area (Å²) in [4.78, 5) is 15.8. The summed E-state index contributed by atoms with van der Waals surface area (Å²) in [6, 6.07) is 18.1. The van der Waals surface area contributed by atoms with E-state index in [0.717, 1.165) is 33.4 Å². The molecular formula is C19H17N3O. The fraction of sp³-hybridized carbons (Fsp3) is 0.158. The van der Waals surface area contributed by atoms with Crippen LogP contribution in [-0.4, -0.2) is 16.6 Å². The number of rotatable bonds is 2. The Hall–Kier alpha value is -2.88. The highest BCUT2D eigenvalue weighted by atomic mass is 16.2. The minimum atomic E-state index is -0.223. The number of hydrazone groups is 1. The van der Waals surface area contributed by atoms with Crippen molar-refractivity contribution in [3.63, 3.8) is 0 Å². The van der Waals surface area contributed by atoms with Crippen LogP contribution in [0.1, 0.15) is 29.2 Å². The SMILES string of the molecule is Cc1[nH]c2ccccc2c1C1CC(c2ccccc2)=NNC1=O. The summed E-state index contributed by atoms with van der Waals surface area (Å²) < 4.78 is 0. The summed E-state index contributed by atoms with van der Waals surface area (Å²) in [5, 5.41) is 5.37.